The number of nitriles is 1. The molecule has 3 aromatic rings. The molecule has 1 aromatic heterocycles. The fourth-order valence-corrected chi connectivity index (χ4v) is 4.31. The number of rotatable bonds is 7. The highest BCUT2D eigenvalue weighted by Gasteiger charge is 2.41. The number of halogens is 2. The van der Waals surface area contributed by atoms with Crippen LogP contribution in [0.2, 0.25) is 0 Å². The Kier molecular flexibility index (Phi) is 6.67. The molecule has 0 bridgehead atoms. The minimum absolute atomic E-state index is 0.0627. The monoisotopic (exact) mass is 453 g/mol. The summed E-state index contributed by atoms with van der Waals surface area (Å²) in [5.74, 6) is -1.58. The number of para-hydroxylation sites is 1. The number of benzene rings is 2. The van der Waals surface area contributed by atoms with Crippen molar-refractivity contribution in [3.63, 3.8) is 0 Å². The van der Waals surface area contributed by atoms with Crippen LogP contribution in [0, 0.1) is 23.0 Å². The zero-order valence-electron chi connectivity index (χ0n) is 18.2. The summed E-state index contributed by atoms with van der Waals surface area (Å²) in [7, 11) is 0. The molecule has 0 aliphatic carbocycles. The lowest BCUT2D eigenvalue weighted by molar-refractivity contribution is -0.145. The molecule has 1 aliphatic rings. The lowest BCUT2D eigenvalue weighted by Gasteiger charge is -2.39. The average molecular weight is 453 g/mol. The highest BCUT2D eigenvalue weighted by atomic mass is 19.1. The third-order valence-electron chi connectivity index (χ3n) is 6.14. The summed E-state index contributed by atoms with van der Waals surface area (Å²) in [4.78, 5) is 6.02. The lowest BCUT2D eigenvalue weighted by Crippen LogP contribution is -2.47. The molecular weight excluding hydrogens is 428 g/mol. The van der Waals surface area contributed by atoms with E-state index in [0.717, 1.165) is 17.8 Å². The van der Waals surface area contributed by atoms with E-state index in [1.165, 1.54) is 23.4 Å². The van der Waals surface area contributed by atoms with E-state index in [9.17, 15) is 19.1 Å². The van der Waals surface area contributed by atoms with E-state index in [-0.39, 0.29) is 18.2 Å². The second-order valence-electron chi connectivity index (χ2n) is 8.24. The van der Waals surface area contributed by atoms with Gasteiger partial charge in [-0.15, -0.1) is 0 Å². The van der Waals surface area contributed by atoms with Crippen molar-refractivity contribution < 1.29 is 18.6 Å². The smallest absolute Gasteiger partial charge is 0.138 e. The first kappa shape index (κ1) is 22.8. The molecular formula is C24H25F2N5O2. The van der Waals surface area contributed by atoms with Crippen molar-refractivity contribution in [3.8, 4) is 6.07 Å². The summed E-state index contributed by atoms with van der Waals surface area (Å²) in [5.41, 5.74) is -0.343. The SMILES string of the molecule is C[C@@H](OC1CCN(c2ccccc2C#N)CC1)[C@](O)(Cn1cncn1)c1ccc(F)cc1F. The lowest BCUT2D eigenvalue weighted by atomic mass is 9.87. The van der Waals surface area contributed by atoms with Crippen molar-refractivity contribution >= 4 is 5.69 Å². The van der Waals surface area contributed by atoms with E-state index in [1.807, 2.05) is 18.2 Å². The molecule has 9 heteroatoms. The molecule has 0 radical (unpaired) electrons. The Labute approximate surface area is 190 Å². The minimum atomic E-state index is -1.80. The Balaban J connectivity index is 1.49. The quantitative estimate of drug-likeness (QED) is 0.590. The molecule has 4 rings (SSSR count). The van der Waals surface area contributed by atoms with Crippen molar-refractivity contribution in [3.05, 3.63) is 77.9 Å². The van der Waals surface area contributed by atoms with Gasteiger partial charge in [-0.25, -0.2) is 18.4 Å². The third-order valence-corrected chi connectivity index (χ3v) is 6.14. The molecule has 0 spiro atoms. The van der Waals surface area contributed by atoms with Gasteiger partial charge in [0.15, 0.2) is 0 Å². The highest BCUT2D eigenvalue weighted by Crippen LogP contribution is 2.34. The number of anilines is 1. The Hall–Kier alpha value is -3.35. The Morgan fingerprint density at radius 1 is 1.24 bits per heavy atom. The number of ether oxygens (including phenoxy) is 1. The number of nitrogens with zero attached hydrogens (tertiary/aromatic N) is 5. The third kappa shape index (κ3) is 4.87. The molecule has 1 saturated heterocycles. The standard InChI is InChI=1S/C24H25F2N5O2/c1-17(33-20-8-10-30(11-9-20)23-5-3-2-4-18(23)13-27)24(32,14-31-16-28-15-29-31)21-7-6-19(25)12-22(21)26/h2-7,12,15-17,20,32H,8-11,14H2,1H3/t17-,24-/m1/s1. The number of piperidine rings is 1. The molecule has 2 atom stereocenters. The van der Waals surface area contributed by atoms with Crippen LogP contribution < -0.4 is 4.90 Å². The van der Waals surface area contributed by atoms with Crippen LogP contribution in [0.4, 0.5) is 14.5 Å². The van der Waals surface area contributed by atoms with Gasteiger partial charge in [-0.05, 0) is 38.0 Å². The molecule has 1 fully saturated rings. The molecule has 0 saturated carbocycles. The van der Waals surface area contributed by atoms with Crippen LogP contribution in [0.5, 0.6) is 0 Å². The van der Waals surface area contributed by atoms with E-state index in [4.69, 9.17) is 4.74 Å². The maximum atomic E-state index is 14.7. The number of aliphatic hydroxyl groups is 1. The van der Waals surface area contributed by atoms with Crippen LogP contribution in [0.3, 0.4) is 0 Å². The van der Waals surface area contributed by atoms with E-state index in [1.54, 1.807) is 13.0 Å². The summed E-state index contributed by atoms with van der Waals surface area (Å²) in [5, 5.41) is 25.0. The molecule has 1 N–H and O–H groups in total. The van der Waals surface area contributed by atoms with Crippen molar-refractivity contribution in [2.24, 2.45) is 0 Å². The second-order valence-corrected chi connectivity index (χ2v) is 8.24. The van der Waals surface area contributed by atoms with Gasteiger partial charge in [0.05, 0.1) is 30.0 Å². The summed E-state index contributed by atoms with van der Waals surface area (Å²) in [6, 6.07) is 12.8. The number of aromatic nitrogens is 3. The number of hydrogen-bond donors (Lipinski definition) is 1. The highest BCUT2D eigenvalue weighted by molar-refractivity contribution is 5.59. The van der Waals surface area contributed by atoms with Gasteiger partial charge >= 0.3 is 0 Å². The predicted molar refractivity (Wildman–Crippen MR) is 117 cm³/mol. The van der Waals surface area contributed by atoms with Crippen LogP contribution in [-0.4, -0.2) is 45.2 Å². The van der Waals surface area contributed by atoms with Gasteiger partial charge in [0.25, 0.3) is 0 Å². The van der Waals surface area contributed by atoms with E-state index in [2.05, 4.69) is 21.1 Å². The average Bonchev–Trinajstić information content (AvgIpc) is 3.32. The van der Waals surface area contributed by atoms with Crippen LogP contribution in [0.15, 0.2) is 55.1 Å². The van der Waals surface area contributed by atoms with Gasteiger partial charge in [0, 0.05) is 24.7 Å². The minimum Gasteiger partial charge on any atom is -0.380 e. The first-order valence-corrected chi connectivity index (χ1v) is 10.8. The normalized spacial score (nSPS) is 17.4. The molecule has 2 heterocycles. The molecule has 2 aromatic carbocycles. The zero-order valence-corrected chi connectivity index (χ0v) is 18.2. The summed E-state index contributed by atoms with van der Waals surface area (Å²) >= 11 is 0. The molecule has 172 valence electrons. The Bertz CT molecular complexity index is 1130. The molecule has 1 aliphatic heterocycles. The van der Waals surface area contributed by atoms with Crippen molar-refractivity contribution in [1.29, 1.82) is 5.26 Å². The van der Waals surface area contributed by atoms with Gasteiger partial charge in [-0.1, -0.05) is 18.2 Å². The van der Waals surface area contributed by atoms with Crippen LogP contribution in [0.1, 0.15) is 30.9 Å². The molecule has 33 heavy (non-hydrogen) atoms. The summed E-state index contributed by atoms with van der Waals surface area (Å²) in [6.45, 7) is 2.94. The van der Waals surface area contributed by atoms with Crippen molar-refractivity contribution in [2.45, 2.75) is 44.1 Å². The molecule has 7 nitrogen and oxygen atoms in total. The van der Waals surface area contributed by atoms with Gasteiger partial charge < -0.3 is 14.7 Å². The van der Waals surface area contributed by atoms with E-state index < -0.39 is 23.3 Å². The fourth-order valence-electron chi connectivity index (χ4n) is 4.31. The topological polar surface area (TPSA) is 87.2 Å². The van der Waals surface area contributed by atoms with Crippen molar-refractivity contribution in [1.82, 2.24) is 14.8 Å². The number of hydrogen-bond acceptors (Lipinski definition) is 6. The van der Waals surface area contributed by atoms with Crippen LogP contribution in [-0.2, 0) is 16.9 Å². The molecule has 0 amide bonds. The summed E-state index contributed by atoms with van der Waals surface area (Å²) < 4.78 is 35.8. The van der Waals surface area contributed by atoms with E-state index in [0.29, 0.717) is 31.5 Å². The second kappa shape index (κ2) is 9.65. The van der Waals surface area contributed by atoms with Gasteiger partial charge in [0.2, 0.25) is 0 Å². The van der Waals surface area contributed by atoms with Crippen molar-refractivity contribution in [2.75, 3.05) is 18.0 Å². The first-order chi connectivity index (χ1) is 15.9. The maximum Gasteiger partial charge on any atom is 0.138 e. The summed E-state index contributed by atoms with van der Waals surface area (Å²) in [6.07, 6.45) is 3.11. The van der Waals surface area contributed by atoms with Crippen LogP contribution in [0.25, 0.3) is 0 Å². The first-order valence-electron chi connectivity index (χ1n) is 10.8. The van der Waals surface area contributed by atoms with Gasteiger partial charge in [-0.2, -0.15) is 10.4 Å². The van der Waals surface area contributed by atoms with E-state index >= 15 is 0 Å². The Morgan fingerprint density at radius 2 is 2.00 bits per heavy atom. The largest absolute Gasteiger partial charge is 0.380 e. The zero-order chi connectivity index (χ0) is 23.4. The van der Waals surface area contributed by atoms with Crippen LogP contribution >= 0.6 is 0 Å². The predicted octanol–water partition coefficient (Wildman–Crippen LogP) is 3.39. The fraction of sp³-hybridized carbons (Fsp3) is 0.375. The maximum absolute atomic E-state index is 14.7. The van der Waals surface area contributed by atoms with Gasteiger partial charge in [0.1, 0.15) is 36.0 Å². The Morgan fingerprint density at radius 3 is 2.67 bits per heavy atom. The molecule has 0 unspecified atom stereocenters. The van der Waals surface area contributed by atoms with Gasteiger partial charge in [-0.3, -0.25) is 0 Å².